The average Bonchev–Trinajstić information content (AvgIpc) is 2.66. The lowest BCUT2D eigenvalue weighted by Crippen LogP contribution is -2.20. The highest BCUT2D eigenvalue weighted by atomic mass is 16.5. The number of aromatic amines is 1. The Morgan fingerprint density at radius 1 is 1.08 bits per heavy atom. The van der Waals surface area contributed by atoms with Gasteiger partial charge in [0, 0.05) is 6.20 Å². The maximum atomic E-state index is 11.9. The van der Waals surface area contributed by atoms with E-state index in [2.05, 4.69) is 30.8 Å². The molecule has 3 rings (SSSR count). The molecule has 0 aliphatic heterocycles. The summed E-state index contributed by atoms with van der Waals surface area (Å²) in [6.45, 7) is 0. The van der Waals surface area contributed by atoms with Crippen molar-refractivity contribution in [3.8, 4) is 11.5 Å². The Morgan fingerprint density at radius 3 is 2.64 bits per heavy atom. The molecule has 0 atom stereocenters. The van der Waals surface area contributed by atoms with Crippen molar-refractivity contribution < 1.29 is 9.53 Å². The smallest absolute Gasteiger partial charge is 0.349 e. The number of esters is 1. The third-order valence-corrected chi connectivity index (χ3v) is 3.18. The molecule has 0 aliphatic rings. The molecule has 0 unspecified atom stereocenters. The second-order valence-corrected chi connectivity index (χ2v) is 4.83. The van der Waals surface area contributed by atoms with E-state index in [1.54, 1.807) is 6.07 Å². The molecule has 0 amide bonds. The van der Waals surface area contributed by atoms with Crippen LogP contribution in [0.1, 0.15) is 10.4 Å². The summed E-state index contributed by atoms with van der Waals surface area (Å²) in [5.74, 6) is -0.457. The maximum absolute atomic E-state index is 11.9. The fourth-order valence-electron chi connectivity index (χ4n) is 2.07. The SMILES string of the molecule is COC(=O)c1cccnc1-c1nc(NNc2ccccc2)nc(=O)[nH]1. The third kappa shape index (κ3) is 3.78. The standard InChI is InChI=1S/C16H14N6O3/c1-25-14(23)11-8-5-9-17-12(11)13-18-15(20-16(24)19-13)22-21-10-6-3-2-4-7-10/h2-9,21H,1H3,(H2,18,19,20,22,24). The van der Waals surface area contributed by atoms with E-state index in [0.29, 0.717) is 0 Å². The fraction of sp³-hybridized carbons (Fsp3) is 0.0625. The summed E-state index contributed by atoms with van der Waals surface area (Å²) >= 11 is 0. The number of H-pyrrole nitrogens is 1. The molecule has 9 heteroatoms. The lowest BCUT2D eigenvalue weighted by atomic mass is 10.2. The predicted molar refractivity (Wildman–Crippen MR) is 90.9 cm³/mol. The predicted octanol–water partition coefficient (Wildman–Crippen LogP) is 1.45. The van der Waals surface area contributed by atoms with Crippen molar-refractivity contribution >= 4 is 17.6 Å². The van der Waals surface area contributed by atoms with Gasteiger partial charge in [-0.2, -0.15) is 9.97 Å². The van der Waals surface area contributed by atoms with Crippen LogP contribution < -0.4 is 16.5 Å². The summed E-state index contributed by atoms with van der Waals surface area (Å²) in [6, 6.07) is 12.4. The van der Waals surface area contributed by atoms with Crippen molar-refractivity contribution in [2.75, 3.05) is 18.0 Å². The Balaban J connectivity index is 1.92. The molecule has 0 fully saturated rings. The van der Waals surface area contributed by atoms with E-state index < -0.39 is 11.7 Å². The highest BCUT2D eigenvalue weighted by Gasteiger charge is 2.17. The van der Waals surface area contributed by atoms with Crippen LogP contribution >= 0.6 is 0 Å². The summed E-state index contributed by atoms with van der Waals surface area (Å²) in [7, 11) is 1.26. The van der Waals surface area contributed by atoms with Gasteiger partial charge in [0.15, 0.2) is 5.82 Å². The van der Waals surface area contributed by atoms with Crippen LogP contribution in [0.25, 0.3) is 11.5 Å². The minimum Gasteiger partial charge on any atom is -0.465 e. The molecular weight excluding hydrogens is 324 g/mol. The number of anilines is 2. The molecule has 3 N–H and O–H groups in total. The van der Waals surface area contributed by atoms with E-state index in [0.717, 1.165) is 5.69 Å². The summed E-state index contributed by atoms with van der Waals surface area (Å²) < 4.78 is 4.72. The largest absolute Gasteiger partial charge is 0.465 e. The van der Waals surface area contributed by atoms with Crippen LogP contribution in [-0.2, 0) is 4.74 Å². The number of benzene rings is 1. The van der Waals surface area contributed by atoms with Gasteiger partial charge in [-0.15, -0.1) is 0 Å². The molecule has 1 aromatic carbocycles. The number of carbonyl (C=O) groups excluding carboxylic acids is 1. The average molecular weight is 338 g/mol. The third-order valence-electron chi connectivity index (χ3n) is 3.18. The molecule has 2 aromatic heterocycles. The Labute approximate surface area is 142 Å². The van der Waals surface area contributed by atoms with Gasteiger partial charge in [0.05, 0.1) is 18.4 Å². The van der Waals surface area contributed by atoms with Gasteiger partial charge in [-0.25, -0.2) is 9.59 Å². The zero-order valence-electron chi connectivity index (χ0n) is 13.2. The zero-order chi connectivity index (χ0) is 17.6. The summed E-state index contributed by atoms with van der Waals surface area (Å²) in [5.41, 5.74) is 6.12. The maximum Gasteiger partial charge on any atom is 0.349 e. The van der Waals surface area contributed by atoms with Crippen LogP contribution in [0.5, 0.6) is 0 Å². The van der Waals surface area contributed by atoms with E-state index in [1.165, 1.54) is 19.4 Å². The van der Waals surface area contributed by atoms with Gasteiger partial charge < -0.3 is 4.74 Å². The molecule has 0 aliphatic carbocycles. The number of hydrogen-bond donors (Lipinski definition) is 3. The molecule has 9 nitrogen and oxygen atoms in total. The summed E-state index contributed by atoms with van der Waals surface area (Å²) in [4.78, 5) is 38.2. The minimum absolute atomic E-state index is 0.0315. The minimum atomic E-state index is -0.635. The number of hydrogen-bond acceptors (Lipinski definition) is 8. The monoisotopic (exact) mass is 338 g/mol. The molecule has 0 saturated heterocycles. The first kappa shape index (κ1) is 16.1. The highest BCUT2D eigenvalue weighted by Crippen LogP contribution is 2.17. The number of ether oxygens (including phenoxy) is 1. The highest BCUT2D eigenvalue weighted by molar-refractivity contribution is 5.95. The van der Waals surface area contributed by atoms with E-state index >= 15 is 0 Å². The number of rotatable bonds is 5. The number of pyridine rings is 1. The van der Waals surface area contributed by atoms with Crippen LogP contribution in [0.15, 0.2) is 53.5 Å². The normalized spacial score (nSPS) is 10.1. The van der Waals surface area contributed by atoms with Gasteiger partial charge in [0.25, 0.3) is 0 Å². The first-order valence-electron chi connectivity index (χ1n) is 7.26. The Hall–Kier alpha value is -3.75. The molecule has 2 heterocycles. The molecule has 0 saturated carbocycles. The van der Waals surface area contributed by atoms with Crippen molar-refractivity contribution in [2.45, 2.75) is 0 Å². The lowest BCUT2D eigenvalue weighted by Gasteiger charge is -2.09. The van der Waals surface area contributed by atoms with E-state index in [4.69, 9.17) is 4.74 Å². The van der Waals surface area contributed by atoms with Gasteiger partial charge in [-0.3, -0.25) is 20.8 Å². The number of methoxy groups -OCH3 is 1. The zero-order valence-corrected chi connectivity index (χ0v) is 13.2. The van der Waals surface area contributed by atoms with Crippen molar-refractivity contribution in [1.29, 1.82) is 0 Å². The van der Waals surface area contributed by atoms with Crippen molar-refractivity contribution in [3.05, 3.63) is 64.7 Å². The first-order chi connectivity index (χ1) is 12.2. The number of carbonyl (C=O) groups is 1. The van der Waals surface area contributed by atoms with Crippen LogP contribution in [0, 0.1) is 0 Å². The topological polar surface area (TPSA) is 122 Å². The van der Waals surface area contributed by atoms with Gasteiger partial charge >= 0.3 is 11.7 Å². The van der Waals surface area contributed by atoms with Crippen LogP contribution in [0.3, 0.4) is 0 Å². The number of para-hydroxylation sites is 1. The quantitative estimate of drug-likeness (QED) is 0.472. The van der Waals surface area contributed by atoms with Gasteiger partial charge in [-0.1, -0.05) is 18.2 Å². The Bertz CT molecular complexity index is 942. The molecule has 3 aromatic rings. The number of hydrazine groups is 1. The van der Waals surface area contributed by atoms with Crippen LogP contribution in [0.4, 0.5) is 11.6 Å². The van der Waals surface area contributed by atoms with Crippen LogP contribution in [0.2, 0.25) is 0 Å². The van der Waals surface area contributed by atoms with Gasteiger partial charge in [0.1, 0.15) is 5.69 Å². The molecule has 25 heavy (non-hydrogen) atoms. The second-order valence-electron chi connectivity index (χ2n) is 4.83. The summed E-state index contributed by atoms with van der Waals surface area (Å²) in [6.07, 6.45) is 1.48. The molecule has 126 valence electrons. The number of nitrogens with one attached hydrogen (secondary N) is 3. The first-order valence-corrected chi connectivity index (χ1v) is 7.26. The molecule has 0 radical (unpaired) electrons. The number of aromatic nitrogens is 4. The lowest BCUT2D eigenvalue weighted by molar-refractivity contribution is 0.0601. The van der Waals surface area contributed by atoms with Crippen LogP contribution in [-0.4, -0.2) is 33.0 Å². The molecular formula is C16H14N6O3. The fourth-order valence-corrected chi connectivity index (χ4v) is 2.07. The van der Waals surface area contributed by atoms with E-state index in [-0.39, 0.29) is 23.0 Å². The van der Waals surface area contributed by atoms with Crippen molar-refractivity contribution in [1.82, 2.24) is 19.9 Å². The van der Waals surface area contributed by atoms with Gasteiger partial charge in [0.2, 0.25) is 5.95 Å². The Kier molecular flexibility index (Phi) is 4.65. The second kappa shape index (κ2) is 7.21. The Morgan fingerprint density at radius 2 is 1.88 bits per heavy atom. The van der Waals surface area contributed by atoms with Crippen molar-refractivity contribution in [2.24, 2.45) is 0 Å². The molecule has 0 bridgehead atoms. The number of nitrogens with zero attached hydrogens (tertiary/aromatic N) is 3. The van der Waals surface area contributed by atoms with Crippen molar-refractivity contribution in [3.63, 3.8) is 0 Å². The molecule has 0 spiro atoms. The van der Waals surface area contributed by atoms with E-state index in [9.17, 15) is 9.59 Å². The van der Waals surface area contributed by atoms with Gasteiger partial charge in [-0.05, 0) is 24.3 Å². The summed E-state index contributed by atoms with van der Waals surface area (Å²) in [5, 5.41) is 0. The van der Waals surface area contributed by atoms with E-state index in [1.807, 2.05) is 30.3 Å².